The number of sulfonamides is 1. The van der Waals surface area contributed by atoms with Crippen molar-refractivity contribution < 1.29 is 21.6 Å². The van der Waals surface area contributed by atoms with Gasteiger partial charge in [0.15, 0.2) is 11.6 Å². The van der Waals surface area contributed by atoms with Gasteiger partial charge in [-0.2, -0.15) is 23.0 Å². The molecule has 0 amide bonds. The number of aryl methyl sites for hydroxylation is 1. The highest BCUT2D eigenvalue weighted by molar-refractivity contribution is 7.89. The van der Waals surface area contributed by atoms with Crippen molar-refractivity contribution in [2.24, 2.45) is 0 Å². The molecule has 1 aromatic carbocycles. The highest BCUT2D eigenvalue weighted by atomic mass is 32.2. The van der Waals surface area contributed by atoms with Crippen LogP contribution in [0.4, 0.5) is 19.0 Å². The number of alkyl halides is 3. The Morgan fingerprint density at radius 1 is 1.29 bits per heavy atom. The van der Waals surface area contributed by atoms with E-state index in [1.54, 1.807) is 6.92 Å². The van der Waals surface area contributed by atoms with Crippen molar-refractivity contribution >= 4 is 15.8 Å². The number of nitrogens with two attached hydrogens (primary N) is 1. The maximum absolute atomic E-state index is 12.4. The summed E-state index contributed by atoms with van der Waals surface area (Å²) in [4.78, 5) is 11.8. The molecule has 9 nitrogen and oxygen atoms in total. The third-order valence-electron chi connectivity index (χ3n) is 3.68. The van der Waals surface area contributed by atoms with E-state index in [0.29, 0.717) is 11.1 Å². The molecule has 0 aliphatic rings. The lowest BCUT2D eigenvalue weighted by molar-refractivity contribution is -0.121. The van der Waals surface area contributed by atoms with Crippen LogP contribution >= 0.6 is 0 Å². The van der Waals surface area contributed by atoms with Crippen LogP contribution in [0.25, 0.3) is 17.1 Å². The van der Waals surface area contributed by atoms with Gasteiger partial charge in [0.25, 0.3) is 0 Å². The van der Waals surface area contributed by atoms with Crippen LogP contribution in [0.15, 0.2) is 41.9 Å². The number of hydrogen-bond acceptors (Lipinski definition) is 7. The van der Waals surface area contributed by atoms with Gasteiger partial charge in [0, 0.05) is 5.56 Å². The fourth-order valence-electron chi connectivity index (χ4n) is 2.31. The molecule has 0 bridgehead atoms. The van der Waals surface area contributed by atoms with E-state index < -0.39 is 22.7 Å². The van der Waals surface area contributed by atoms with Crippen LogP contribution < -0.4 is 10.5 Å². The molecule has 0 aliphatic heterocycles. The third kappa shape index (κ3) is 4.26. The van der Waals surface area contributed by atoms with E-state index in [1.807, 2.05) is 0 Å². The SMILES string of the molecule is Cc1ccc(S(=O)(=O)NCC(F)(F)F)cc1-c1cnc(N)c(-n2cncn2)n1. The number of nitrogen functional groups attached to an aromatic ring is 1. The Morgan fingerprint density at radius 2 is 2.04 bits per heavy atom. The largest absolute Gasteiger partial charge is 0.402 e. The van der Waals surface area contributed by atoms with Crippen molar-refractivity contribution in [2.45, 2.75) is 18.0 Å². The van der Waals surface area contributed by atoms with E-state index in [2.05, 4.69) is 20.1 Å². The average molecular weight is 413 g/mol. The molecule has 3 rings (SSSR count). The maximum atomic E-state index is 12.4. The zero-order chi connectivity index (χ0) is 20.5. The Morgan fingerprint density at radius 3 is 2.68 bits per heavy atom. The number of benzene rings is 1. The first-order valence-electron chi connectivity index (χ1n) is 7.72. The molecule has 13 heteroatoms. The van der Waals surface area contributed by atoms with Crippen molar-refractivity contribution in [3.8, 4) is 17.1 Å². The van der Waals surface area contributed by atoms with E-state index in [0.717, 1.165) is 0 Å². The zero-order valence-corrected chi connectivity index (χ0v) is 15.2. The lowest BCUT2D eigenvalue weighted by Crippen LogP contribution is -2.33. The quantitative estimate of drug-likeness (QED) is 0.648. The number of aromatic nitrogens is 5. The summed E-state index contributed by atoms with van der Waals surface area (Å²) in [5, 5.41) is 3.92. The Bertz CT molecular complexity index is 1100. The molecule has 3 N–H and O–H groups in total. The predicted molar refractivity (Wildman–Crippen MR) is 92.8 cm³/mol. The van der Waals surface area contributed by atoms with Gasteiger partial charge in [0.05, 0.1) is 16.8 Å². The number of nitrogens with one attached hydrogen (secondary N) is 1. The highest BCUT2D eigenvalue weighted by Crippen LogP contribution is 2.26. The van der Waals surface area contributed by atoms with Gasteiger partial charge in [0.2, 0.25) is 10.0 Å². The van der Waals surface area contributed by atoms with Gasteiger partial charge in [-0.05, 0) is 24.6 Å². The van der Waals surface area contributed by atoms with E-state index in [1.165, 1.54) is 46.5 Å². The van der Waals surface area contributed by atoms with Gasteiger partial charge < -0.3 is 5.73 Å². The average Bonchev–Trinajstić information content (AvgIpc) is 3.15. The van der Waals surface area contributed by atoms with Crippen molar-refractivity contribution in [3.63, 3.8) is 0 Å². The summed E-state index contributed by atoms with van der Waals surface area (Å²) in [6.45, 7) is 0.0265. The minimum absolute atomic E-state index is 0.0718. The second-order valence-corrected chi connectivity index (χ2v) is 7.49. The molecule has 0 saturated heterocycles. The Labute approximate surface area is 157 Å². The van der Waals surface area contributed by atoms with Gasteiger partial charge in [-0.25, -0.2) is 28.1 Å². The van der Waals surface area contributed by atoms with Gasteiger partial charge in [0.1, 0.15) is 19.2 Å². The molecule has 0 unspecified atom stereocenters. The molecule has 2 heterocycles. The van der Waals surface area contributed by atoms with Gasteiger partial charge in [-0.15, -0.1) is 0 Å². The minimum atomic E-state index is -4.67. The normalized spacial score (nSPS) is 12.3. The number of halogens is 3. The molecule has 0 fully saturated rings. The third-order valence-corrected chi connectivity index (χ3v) is 5.07. The second-order valence-electron chi connectivity index (χ2n) is 5.72. The summed E-state index contributed by atoms with van der Waals surface area (Å²) < 4.78 is 64.3. The predicted octanol–water partition coefficient (Wildman–Crippen LogP) is 1.46. The van der Waals surface area contributed by atoms with Crippen LogP contribution in [-0.4, -0.2) is 45.9 Å². The van der Waals surface area contributed by atoms with Gasteiger partial charge >= 0.3 is 6.18 Å². The molecule has 0 radical (unpaired) electrons. The molecule has 0 spiro atoms. The Hall–Kier alpha value is -3.06. The van der Waals surface area contributed by atoms with E-state index >= 15 is 0 Å². The van der Waals surface area contributed by atoms with E-state index in [-0.39, 0.29) is 22.2 Å². The molecule has 3 aromatic rings. The molecule has 2 aromatic heterocycles. The maximum Gasteiger partial charge on any atom is 0.402 e. The van der Waals surface area contributed by atoms with Crippen LogP contribution in [0.1, 0.15) is 5.56 Å². The number of anilines is 1. The van der Waals surface area contributed by atoms with Crippen molar-refractivity contribution in [1.82, 2.24) is 29.5 Å². The van der Waals surface area contributed by atoms with Gasteiger partial charge in [-0.1, -0.05) is 6.07 Å². The molecule has 148 valence electrons. The van der Waals surface area contributed by atoms with Crippen molar-refractivity contribution in [2.75, 3.05) is 12.3 Å². The summed E-state index contributed by atoms with van der Waals surface area (Å²) in [7, 11) is -4.37. The number of rotatable bonds is 5. The smallest absolute Gasteiger partial charge is 0.381 e. The molecule has 0 atom stereocenters. The monoisotopic (exact) mass is 413 g/mol. The van der Waals surface area contributed by atoms with Crippen LogP contribution in [-0.2, 0) is 10.0 Å². The fraction of sp³-hybridized carbons (Fsp3) is 0.200. The minimum Gasteiger partial charge on any atom is -0.381 e. The Kier molecular flexibility index (Phi) is 5.04. The standard InChI is InChI=1S/C15H14F3N7O2S/c1-9-2-3-10(28(26,27)23-6-15(16,17)18)4-11(9)12-5-21-13(19)14(24-12)25-8-20-7-22-25/h2-5,7-8,23H,6H2,1H3,(H2,19,21). The molecular weight excluding hydrogens is 399 g/mol. The summed E-state index contributed by atoms with van der Waals surface area (Å²) in [6.07, 6.45) is -0.703. The molecule has 28 heavy (non-hydrogen) atoms. The number of hydrogen-bond donors (Lipinski definition) is 2. The van der Waals surface area contributed by atoms with Crippen LogP contribution in [0.3, 0.4) is 0 Å². The van der Waals surface area contributed by atoms with Crippen molar-refractivity contribution in [3.05, 3.63) is 42.6 Å². The van der Waals surface area contributed by atoms with Crippen LogP contribution in [0.5, 0.6) is 0 Å². The van der Waals surface area contributed by atoms with Gasteiger partial charge in [-0.3, -0.25) is 0 Å². The topological polar surface area (TPSA) is 129 Å². The lowest BCUT2D eigenvalue weighted by atomic mass is 10.1. The van der Waals surface area contributed by atoms with Crippen LogP contribution in [0.2, 0.25) is 0 Å². The molecule has 0 saturated carbocycles. The summed E-state index contributed by atoms with van der Waals surface area (Å²) in [6, 6.07) is 3.89. The van der Waals surface area contributed by atoms with E-state index in [9.17, 15) is 21.6 Å². The highest BCUT2D eigenvalue weighted by Gasteiger charge is 2.30. The number of nitrogens with zero attached hydrogens (tertiary/aromatic N) is 5. The molecule has 0 aliphatic carbocycles. The lowest BCUT2D eigenvalue weighted by Gasteiger charge is -2.12. The Balaban J connectivity index is 2.02. The second kappa shape index (κ2) is 7.16. The van der Waals surface area contributed by atoms with E-state index in [4.69, 9.17) is 5.73 Å². The first-order chi connectivity index (χ1) is 13.1. The first-order valence-corrected chi connectivity index (χ1v) is 9.20. The molecular formula is C15H14F3N7O2S. The van der Waals surface area contributed by atoms with Crippen LogP contribution in [0, 0.1) is 6.92 Å². The first kappa shape index (κ1) is 19.7. The van der Waals surface area contributed by atoms with Crippen molar-refractivity contribution in [1.29, 1.82) is 0 Å². The summed E-state index contributed by atoms with van der Waals surface area (Å²) >= 11 is 0. The fourth-order valence-corrected chi connectivity index (χ4v) is 3.35. The summed E-state index contributed by atoms with van der Waals surface area (Å²) in [5.74, 6) is 0.250. The summed E-state index contributed by atoms with van der Waals surface area (Å²) in [5.41, 5.74) is 7.07. The zero-order valence-electron chi connectivity index (χ0n) is 14.3.